The van der Waals surface area contributed by atoms with Gasteiger partial charge >= 0.3 is 5.69 Å². The summed E-state index contributed by atoms with van der Waals surface area (Å²) in [6, 6.07) is 10.3. The number of hydrogen-bond acceptors (Lipinski definition) is 5. The van der Waals surface area contributed by atoms with E-state index in [-0.39, 0.29) is 18.1 Å². The molecule has 0 unspecified atom stereocenters. The number of nitrogens with one attached hydrogen (secondary N) is 1. The van der Waals surface area contributed by atoms with Crippen LogP contribution in [0, 0.1) is 0 Å². The fraction of sp³-hybridized carbons (Fsp3) is 0.227. The summed E-state index contributed by atoms with van der Waals surface area (Å²) in [7, 11) is 0. The molecule has 0 fully saturated rings. The number of H-pyrrole nitrogens is 1. The van der Waals surface area contributed by atoms with Gasteiger partial charge in [-0.2, -0.15) is 0 Å². The van der Waals surface area contributed by atoms with E-state index in [9.17, 15) is 14.4 Å². The maximum atomic E-state index is 13.1. The highest BCUT2D eigenvalue weighted by Crippen LogP contribution is 2.21. The third kappa shape index (κ3) is 5.35. The molecule has 0 bridgehead atoms. The van der Waals surface area contributed by atoms with E-state index in [1.165, 1.54) is 21.8 Å². The lowest BCUT2D eigenvalue weighted by atomic mass is 10.2. The zero-order valence-corrected chi connectivity index (χ0v) is 17.8. The number of benzene rings is 1. The number of nitrogens with two attached hydrogens (primary N) is 1. The molecule has 0 aliphatic rings. The van der Waals surface area contributed by atoms with Gasteiger partial charge in [0.15, 0.2) is 5.69 Å². The smallest absolute Gasteiger partial charge is 0.330 e. The molecule has 0 saturated carbocycles. The van der Waals surface area contributed by atoms with Crippen LogP contribution in [0.5, 0.6) is 0 Å². The first kappa shape index (κ1) is 22.2. The number of aromatic nitrogens is 2. The van der Waals surface area contributed by atoms with E-state index < -0.39 is 17.2 Å². The second-order valence-electron chi connectivity index (χ2n) is 6.89. The topological polar surface area (TPSA) is 114 Å². The van der Waals surface area contributed by atoms with Crippen molar-refractivity contribution in [2.24, 2.45) is 0 Å². The summed E-state index contributed by atoms with van der Waals surface area (Å²) in [6.07, 6.45) is 5.92. The summed E-state index contributed by atoms with van der Waals surface area (Å²) in [5.74, 6) is -0.107. The average Bonchev–Trinajstić information content (AvgIpc) is 3.25. The Kier molecular flexibility index (Phi) is 7.15. The van der Waals surface area contributed by atoms with Crippen molar-refractivity contribution in [2.75, 3.05) is 10.6 Å². The summed E-state index contributed by atoms with van der Waals surface area (Å²) in [6.45, 7) is 2.27. The van der Waals surface area contributed by atoms with Crippen molar-refractivity contribution in [2.45, 2.75) is 32.9 Å². The maximum absolute atomic E-state index is 13.1. The summed E-state index contributed by atoms with van der Waals surface area (Å²) < 4.78 is 6.63. The van der Waals surface area contributed by atoms with Crippen LogP contribution in [0.25, 0.3) is 6.08 Å². The van der Waals surface area contributed by atoms with E-state index in [2.05, 4.69) is 4.98 Å². The van der Waals surface area contributed by atoms with Crippen LogP contribution >= 0.6 is 11.6 Å². The quantitative estimate of drug-likeness (QED) is 0.519. The monoisotopic (exact) mass is 442 g/mol. The first-order valence-electron chi connectivity index (χ1n) is 9.80. The number of nitrogens with zero attached hydrogens (tertiary/aromatic N) is 2. The van der Waals surface area contributed by atoms with Crippen LogP contribution in [0.3, 0.4) is 0 Å². The number of anilines is 2. The van der Waals surface area contributed by atoms with Gasteiger partial charge in [-0.15, -0.1) is 0 Å². The van der Waals surface area contributed by atoms with Gasteiger partial charge in [-0.3, -0.25) is 24.0 Å². The number of carbonyl (C=O) groups excluding carboxylic acids is 1. The molecule has 3 N–H and O–H groups in total. The average molecular weight is 443 g/mol. The normalized spacial score (nSPS) is 11.2. The van der Waals surface area contributed by atoms with Crippen molar-refractivity contribution in [3.05, 3.63) is 85.9 Å². The largest absolute Gasteiger partial charge is 0.467 e. The zero-order chi connectivity index (χ0) is 22.4. The van der Waals surface area contributed by atoms with Crippen LogP contribution in [-0.2, 0) is 17.9 Å². The number of rotatable bonds is 8. The van der Waals surface area contributed by atoms with E-state index in [0.29, 0.717) is 23.7 Å². The van der Waals surface area contributed by atoms with Crippen LogP contribution in [0.15, 0.2) is 62.7 Å². The summed E-state index contributed by atoms with van der Waals surface area (Å²) in [4.78, 5) is 41.5. The first-order valence-corrected chi connectivity index (χ1v) is 10.2. The lowest BCUT2D eigenvalue weighted by Crippen LogP contribution is -2.40. The standard InChI is InChI=1S/C22H23ClN4O4/c1-2-3-12-26-20(24)19(21(29)25-22(26)30)27(14-17-5-4-13-31-17)18(28)11-8-15-6-9-16(23)10-7-15/h4-11,13H,2-3,12,14,24H2,1H3,(H,25,29,30)/b11-8+. The van der Waals surface area contributed by atoms with Gasteiger partial charge < -0.3 is 10.2 Å². The van der Waals surface area contributed by atoms with Crippen LogP contribution in [-0.4, -0.2) is 15.5 Å². The molecule has 2 heterocycles. The Morgan fingerprint density at radius 3 is 2.65 bits per heavy atom. The summed E-state index contributed by atoms with van der Waals surface area (Å²) in [5, 5.41) is 0.580. The van der Waals surface area contributed by atoms with Gasteiger partial charge in [0.05, 0.1) is 12.8 Å². The van der Waals surface area contributed by atoms with Crippen LogP contribution in [0.1, 0.15) is 31.1 Å². The van der Waals surface area contributed by atoms with Crippen molar-refractivity contribution < 1.29 is 9.21 Å². The number of aromatic amines is 1. The van der Waals surface area contributed by atoms with E-state index in [1.807, 2.05) is 6.92 Å². The maximum Gasteiger partial charge on any atom is 0.330 e. The molecule has 0 spiro atoms. The zero-order valence-electron chi connectivity index (χ0n) is 17.0. The van der Waals surface area contributed by atoms with Crippen LogP contribution < -0.4 is 21.9 Å². The molecule has 8 nitrogen and oxygen atoms in total. The van der Waals surface area contributed by atoms with Crippen molar-refractivity contribution in [3.63, 3.8) is 0 Å². The van der Waals surface area contributed by atoms with Gasteiger partial charge in [0.1, 0.15) is 11.6 Å². The van der Waals surface area contributed by atoms with Gasteiger partial charge in [-0.05, 0) is 42.3 Å². The number of carbonyl (C=O) groups is 1. The molecule has 3 rings (SSSR count). The molecule has 3 aromatic rings. The molecular weight excluding hydrogens is 420 g/mol. The Morgan fingerprint density at radius 2 is 2.00 bits per heavy atom. The number of hydrogen-bond donors (Lipinski definition) is 2. The van der Waals surface area contributed by atoms with E-state index in [4.69, 9.17) is 21.8 Å². The summed E-state index contributed by atoms with van der Waals surface area (Å²) in [5.41, 5.74) is 5.50. The Morgan fingerprint density at radius 1 is 1.26 bits per heavy atom. The predicted molar refractivity (Wildman–Crippen MR) is 121 cm³/mol. The third-order valence-corrected chi connectivity index (χ3v) is 4.92. The molecule has 31 heavy (non-hydrogen) atoms. The Bertz CT molecular complexity index is 1180. The fourth-order valence-electron chi connectivity index (χ4n) is 3.03. The number of nitrogen functional groups attached to an aromatic ring is 1. The Labute approximate surface area is 183 Å². The molecule has 0 aliphatic carbocycles. The van der Waals surface area contributed by atoms with Crippen LogP contribution in [0.2, 0.25) is 5.02 Å². The summed E-state index contributed by atoms with van der Waals surface area (Å²) >= 11 is 5.89. The number of halogens is 1. The van der Waals surface area contributed by atoms with Gasteiger partial charge in [0.2, 0.25) is 0 Å². The highest BCUT2D eigenvalue weighted by molar-refractivity contribution is 6.30. The predicted octanol–water partition coefficient (Wildman–Crippen LogP) is 3.41. The molecule has 162 valence electrons. The lowest BCUT2D eigenvalue weighted by molar-refractivity contribution is -0.114. The molecule has 2 aromatic heterocycles. The molecule has 1 amide bonds. The minimum atomic E-state index is -0.741. The van der Waals surface area contributed by atoms with Crippen molar-refractivity contribution in [1.29, 1.82) is 0 Å². The van der Waals surface area contributed by atoms with Crippen molar-refractivity contribution >= 4 is 35.1 Å². The molecule has 0 saturated heterocycles. The Balaban J connectivity index is 2.03. The minimum absolute atomic E-state index is 0.0317. The van der Waals surface area contributed by atoms with Gasteiger partial charge in [0, 0.05) is 17.6 Å². The number of unbranched alkanes of at least 4 members (excludes halogenated alkanes) is 1. The second-order valence-corrected chi connectivity index (χ2v) is 7.32. The van der Waals surface area contributed by atoms with Crippen molar-refractivity contribution in [3.8, 4) is 0 Å². The third-order valence-electron chi connectivity index (χ3n) is 4.67. The molecule has 1 aromatic carbocycles. The molecule has 0 radical (unpaired) electrons. The highest BCUT2D eigenvalue weighted by atomic mass is 35.5. The van der Waals surface area contributed by atoms with Crippen molar-refractivity contribution in [1.82, 2.24) is 9.55 Å². The van der Waals surface area contributed by atoms with Gasteiger partial charge in [-0.25, -0.2) is 4.79 Å². The number of amides is 1. The second kappa shape index (κ2) is 9.99. The number of furan rings is 1. The first-order chi connectivity index (χ1) is 14.9. The Hall–Kier alpha value is -3.52. The molecule has 9 heteroatoms. The molecule has 0 atom stereocenters. The van der Waals surface area contributed by atoms with Gasteiger partial charge in [0.25, 0.3) is 11.5 Å². The SMILES string of the molecule is CCCCn1c(N)c(N(Cc2ccco2)C(=O)/C=C/c2ccc(Cl)cc2)c(=O)[nH]c1=O. The van der Waals surface area contributed by atoms with Gasteiger partial charge in [-0.1, -0.05) is 37.1 Å². The lowest BCUT2D eigenvalue weighted by Gasteiger charge is -2.22. The molecular formula is C22H23ClN4O4. The fourth-order valence-corrected chi connectivity index (χ4v) is 3.16. The highest BCUT2D eigenvalue weighted by Gasteiger charge is 2.24. The molecule has 0 aliphatic heterocycles. The minimum Gasteiger partial charge on any atom is -0.467 e. The van der Waals surface area contributed by atoms with E-state index in [1.54, 1.807) is 42.5 Å². The van der Waals surface area contributed by atoms with Crippen LogP contribution in [0.4, 0.5) is 11.5 Å². The van der Waals surface area contributed by atoms with E-state index >= 15 is 0 Å². The van der Waals surface area contributed by atoms with E-state index in [0.717, 1.165) is 12.0 Å².